The molecule has 1 saturated heterocycles. The average Bonchev–Trinajstić information content (AvgIpc) is 2.27. The van der Waals surface area contributed by atoms with Crippen molar-refractivity contribution in [1.82, 2.24) is 10.2 Å². The Bertz CT molecular complexity index is 286. The second kappa shape index (κ2) is 7.53. The van der Waals surface area contributed by atoms with Crippen LogP contribution in [0.4, 0.5) is 0 Å². The van der Waals surface area contributed by atoms with Gasteiger partial charge in [-0.2, -0.15) is 11.8 Å². The summed E-state index contributed by atoms with van der Waals surface area (Å²) in [7, 11) is 0. The van der Waals surface area contributed by atoms with Gasteiger partial charge in [0, 0.05) is 35.5 Å². The highest BCUT2D eigenvalue weighted by Crippen LogP contribution is 2.23. The first-order valence-corrected chi connectivity index (χ1v) is 8.43. The first kappa shape index (κ1) is 16.8. The molecule has 0 aromatic rings. The third kappa shape index (κ3) is 7.21. The Labute approximate surface area is 122 Å². The van der Waals surface area contributed by atoms with Gasteiger partial charge < -0.3 is 10.2 Å². The van der Waals surface area contributed by atoms with Gasteiger partial charge in [0.25, 0.3) is 0 Å². The molecule has 4 heteroatoms. The molecule has 1 heterocycles. The van der Waals surface area contributed by atoms with Crippen LogP contribution >= 0.6 is 11.8 Å². The van der Waals surface area contributed by atoms with Crippen molar-refractivity contribution in [3.05, 3.63) is 0 Å². The van der Waals surface area contributed by atoms with E-state index in [2.05, 4.69) is 31.0 Å². The van der Waals surface area contributed by atoms with E-state index < -0.39 is 0 Å². The quantitative estimate of drug-likeness (QED) is 0.843. The molecular weight excluding hydrogens is 256 g/mol. The van der Waals surface area contributed by atoms with Gasteiger partial charge in [-0.15, -0.1) is 0 Å². The molecule has 1 atom stereocenters. The number of thioether (sulfide) groups is 1. The lowest BCUT2D eigenvalue weighted by atomic mass is 10.0. The van der Waals surface area contributed by atoms with Crippen LogP contribution in [0.15, 0.2) is 0 Å². The first-order chi connectivity index (χ1) is 8.78. The van der Waals surface area contributed by atoms with Crippen molar-refractivity contribution in [3.63, 3.8) is 0 Å². The summed E-state index contributed by atoms with van der Waals surface area (Å²) in [6, 6.07) is 0.350. The minimum atomic E-state index is 0.0897. The molecule has 112 valence electrons. The number of likely N-dealkylation sites (tertiary alicyclic amines) is 1. The fourth-order valence-corrected chi connectivity index (χ4v) is 3.19. The molecule has 1 aliphatic rings. The van der Waals surface area contributed by atoms with Crippen LogP contribution in [0.1, 0.15) is 47.5 Å². The lowest BCUT2D eigenvalue weighted by Gasteiger charge is -2.34. The standard InChI is InChI=1S/C15H30N2OS/c1-12(2)14(18)16-13-7-6-8-17(11-13)9-10-19-15(3,4)5/h12-13H,6-11H2,1-5H3,(H,16,18)/t13-/m1/s1. The number of amides is 1. The second-order valence-electron chi connectivity index (χ2n) is 6.76. The fourth-order valence-electron chi connectivity index (χ4n) is 2.23. The molecule has 1 amide bonds. The molecule has 0 aromatic carbocycles. The minimum Gasteiger partial charge on any atom is -0.352 e. The molecule has 0 aromatic heterocycles. The number of nitrogens with one attached hydrogen (secondary N) is 1. The fraction of sp³-hybridized carbons (Fsp3) is 0.933. The van der Waals surface area contributed by atoms with E-state index in [1.165, 1.54) is 18.7 Å². The summed E-state index contributed by atoms with van der Waals surface area (Å²) in [5.74, 6) is 1.46. The van der Waals surface area contributed by atoms with Crippen LogP contribution in [-0.4, -0.2) is 47.0 Å². The SMILES string of the molecule is CC(C)C(=O)N[C@@H]1CCCN(CCSC(C)(C)C)C1. The van der Waals surface area contributed by atoms with E-state index in [0.29, 0.717) is 10.8 Å². The monoisotopic (exact) mass is 286 g/mol. The highest BCUT2D eigenvalue weighted by Gasteiger charge is 2.22. The van der Waals surface area contributed by atoms with Gasteiger partial charge in [0.1, 0.15) is 0 Å². The van der Waals surface area contributed by atoms with Gasteiger partial charge >= 0.3 is 0 Å². The number of piperidine rings is 1. The summed E-state index contributed by atoms with van der Waals surface area (Å²) in [6.07, 6.45) is 2.32. The molecule has 1 fully saturated rings. The van der Waals surface area contributed by atoms with Crippen molar-refractivity contribution in [2.75, 3.05) is 25.4 Å². The van der Waals surface area contributed by atoms with E-state index in [9.17, 15) is 4.79 Å². The first-order valence-electron chi connectivity index (χ1n) is 7.44. The van der Waals surface area contributed by atoms with Crippen LogP contribution in [0.2, 0.25) is 0 Å². The number of nitrogens with zero attached hydrogens (tertiary/aromatic N) is 1. The molecule has 1 rings (SSSR count). The van der Waals surface area contributed by atoms with Gasteiger partial charge in [0.2, 0.25) is 5.91 Å². The lowest BCUT2D eigenvalue weighted by molar-refractivity contribution is -0.125. The summed E-state index contributed by atoms with van der Waals surface area (Å²) >= 11 is 2.02. The Morgan fingerprint density at radius 1 is 1.42 bits per heavy atom. The molecule has 0 unspecified atom stereocenters. The summed E-state index contributed by atoms with van der Waals surface area (Å²) in [4.78, 5) is 14.2. The zero-order valence-electron chi connectivity index (χ0n) is 13.2. The summed E-state index contributed by atoms with van der Waals surface area (Å²) in [6.45, 7) is 14.0. The second-order valence-corrected chi connectivity index (χ2v) is 8.69. The predicted molar refractivity (Wildman–Crippen MR) is 84.7 cm³/mol. The smallest absolute Gasteiger partial charge is 0.222 e. The number of carbonyl (C=O) groups is 1. The van der Waals surface area contributed by atoms with Crippen molar-refractivity contribution < 1.29 is 4.79 Å². The van der Waals surface area contributed by atoms with Crippen LogP contribution in [-0.2, 0) is 4.79 Å². The van der Waals surface area contributed by atoms with Crippen molar-refractivity contribution in [3.8, 4) is 0 Å². The van der Waals surface area contributed by atoms with E-state index in [4.69, 9.17) is 0 Å². The molecule has 0 bridgehead atoms. The molecule has 3 nitrogen and oxygen atoms in total. The third-order valence-corrected chi connectivity index (χ3v) is 4.57. The normalized spacial score (nSPS) is 21.7. The highest BCUT2D eigenvalue weighted by atomic mass is 32.2. The molecular formula is C15H30N2OS. The molecule has 0 spiro atoms. The molecule has 0 radical (unpaired) electrons. The van der Waals surface area contributed by atoms with Crippen LogP contribution in [0.3, 0.4) is 0 Å². The van der Waals surface area contributed by atoms with Crippen LogP contribution in [0, 0.1) is 5.92 Å². The minimum absolute atomic E-state index is 0.0897. The summed E-state index contributed by atoms with van der Waals surface area (Å²) in [5, 5.41) is 3.17. The predicted octanol–water partition coefficient (Wildman–Crippen LogP) is 2.75. The van der Waals surface area contributed by atoms with E-state index in [1.54, 1.807) is 0 Å². The van der Waals surface area contributed by atoms with Crippen molar-refractivity contribution >= 4 is 17.7 Å². The highest BCUT2D eigenvalue weighted by molar-refractivity contribution is 8.00. The van der Waals surface area contributed by atoms with Gasteiger partial charge in [0.05, 0.1) is 0 Å². The van der Waals surface area contributed by atoms with Crippen LogP contribution < -0.4 is 5.32 Å². The molecule has 0 saturated carbocycles. The van der Waals surface area contributed by atoms with Crippen molar-refractivity contribution in [2.45, 2.75) is 58.2 Å². The molecule has 1 N–H and O–H groups in total. The van der Waals surface area contributed by atoms with Crippen molar-refractivity contribution in [1.29, 1.82) is 0 Å². The van der Waals surface area contributed by atoms with Crippen LogP contribution in [0.25, 0.3) is 0 Å². The molecule has 19 heavy (non-hydrogen) atoms. The topological polar surface area (TPSA) is 32.3 Å². The van der Waals surface area contributed by atoms with E-state index in [0.717, 1.165) is 19.5 Å². The van der Waals surface area contributed by atoms with Gasteiger partial charge in [-0.25, -0.2) is 0 Å². The number of rotatable bonds is 5. The maximum atomic E-state index is 11.7. The van der Waals surface area contributed by atoms with Gasteiger partial charge in [-0.3, -0.25) is 4.79 Å². The third-order valence-electron chi connectivity index (χ3n) is 3.32. The van der Waals surface area contributed by atoms with Gasteiger partial charge in [-0.1, -0.05) is 34.6 Å². The number of hydrogen-bond acceptors (Lipinski definition) is 3. The lowest BCUT2D eigenvalue weighted by Crippen LogP contribution is -2.49. The zero-order chi connectivity index (χ0) is 14.5. The number of carbonyl (C=O) groups excluding carboxylic acids is 1. The van der Waals surface area contributed by atoms with E-state index in [-0.39, 0.29) is 11.8 Å². The van der Waals surface area contributed by atoms with Crippen LogP contribution in [0.5, 0.6) is 0 Å². The molecule has 1 aliphatic heterocycles. The summed E-state index contributed by atoms with van der Waals surface area (Å²) < 4.78 is 0.348. The summed E-state index contributed by atoms with van der Waals surface area (Å²) in [5.41, 5.74) is 0. The molecule has 0 aliphatic carbocycles. The van der Waals surface area contributed by atoms with E-state index in [1.807, 2.05) is 25.6 Å². The van der Waals surface area contributed by atoms with Crippen molar-refractivity contribution in [2.24, 2.45) is 5.92 Å². The van der Waals surface area contributed by atoms with Gasteiger partial charge in [-0.05, 0) is 19.4 Å². The zero-order valence-corrected chi connectivity index (χ0v) is 14.0. The Morgan fingerprint density at radius 2 is 2.11 bits per heavy atom. The average molecular weight is 286 g/mol. The Kier molecular flexibility index (Phi) is 6.67. The maximum Gasteiger partial charge on any atom is 0.222 e. The Morgan fingerprint density at radius 3 is 2.68 bits per heavy atom. The van der Waals surface area contributed by atoms with E-state index >= 15 is 0 Å². The maximum absolute atomic E-state index is 11.7. The number of hydrogen-bond donors (Lipinski definition) is 1. The Balaban J connectivity index is 2.28. The largest absolute Gasteiger partial charge is 0.352 e. The van der Waals surface area contributed by atoms with Gasteiger partial charge in [0.15, 0.2) is 0 Å². The Hall–Kier alpha value is -0.220.